The van der Waals surface area contributed by atoms with Crippen molar-refractivity contribution in [2.24, 2.45) is 5.92 Å². The van der Waals surface area contributed by atoms with E-state index >= 15 is 0 Å². The second-order valence-electron chi connectivity index (χ2n) is 3.80. The van der Waals surface area contributed by atoms with Gasteiger partial charge in [0.25, 0.3) is 0 Å². The van der Waals surface area contributed by atoms with Crippen molar-refractivity contribution in [1.82, 2.24) is 10.6 Å². The second kappa shape index (κ2) is 4.30. The summed E-state index contributed by atoms with van der Waals surface area (Å²) in [6.45, 7) is 3.37. The lowest BCUT2D eigenvalue weighted by Crippen LogP contribution is -2.47. The summed E-state index contributed by atoms with van der Waals surface area (Å²) in [7, 11) is 0. The number of aliphatic carboxylic acids is 1. The summed E-state index contributed by atoms with van der Waals surface area (Å²) in [6.07, 6.45) is 2.30. The molecule has 0 aliphatic heterocycles. The molecule has 0 saturated heterocycles. The van der Waals surface area contributed by atoms with Crippen LogP contribution < -0.4 is 10.6 Å². The van der Waals surface area contributed by atoms with Crippen molar-refractivity contribution in [3.63, 3.8) is 0 Å². The average Bonchev–Trinajstić information content (AvgIpc) is 2.85. The lowest BCUT2D eigenvalue weighted by Gasteiger charge is -2.15. The topological polar surface area (TPSA) is 78.4 Å². The third-order valence-corrected chi connectivity index (χ3v) is 2.41. The molecule has 1 aliphatic rings. The predicted molar refractivity (Wildman–Crippen MR) is 51.0 cm³/mol. The van der Waals surface area contributed by atoms with Gasteiger partial charge in [-0.1, -0.05) is 0 Å². The van der Waals surface area contributed by atoms with E-state index < -0.39 is 18.0 Å². The van der Waals surface area contributed by atoms with Crippen LogP contribution in [0.4, 0.5) is 4.79 Å². The fourth-order valence-corrected chi connectivity index (χ4v) is 1.22. The molecular weight excluding hydrogens is 184 g/mol. The summed E-state index contributed by atoms with van der Waals surface area (Å²) in [6, 6.07) is -1.11. The Hall–Kier alpha value is -1.26. The van der Waals surface area contributed by atoms with Gasteiger partial charge in [-0.2, -0.15) is 0 Å². The SMILES string of the molecule is CC(NC(=O)NC(C)C1CC1)C(=O)O. The van der Waals surface area contributed by atoms with E-state index in [0.29, 0.717) is 5.92 Å². The Balaban J connectivity index is 2.24. The molecule has 0 bridgehead atoms. The maximum absolute atomic E-state index is 11.2. The molecular formula is C9H16N2O3. The van der Waals surface area contributed by atoms with Gasteiger partial charge in [0.05, 0.1) is 0 Å². The highest BCUT2D eigenvalue weighted by molar-refractivity contribution is 5.82. The molecule has 2 unspecified atom stereocenters. The van der Waals surface area contributed by atoms with E-state index in [0.717, 1.165) is 12.8 Å². The zero-order valence-corrected chi connectivity index (χ0v) is 8.41. The van der Waals surface area contributed by atoms with Crippen LogP contribution in [0.25, 0.3) is 0 Å². The highest BCUT2D eigenvalue weighted by atomic mass is 16.4. The highest BCUT2D eigenvalue weighted by Crippen LogP contribution is 2.32. The van der Waals surface area contributed by atoms with Gasteiger partial charge in [-0.05, 0) is 32.6 Å². The van der Waals surface area contributed by atoms with Crippen LogP contribution in [0.1, 0.15) is 26.7 Å². The maximum Gasteiger partial charge on any atom is 0.325 e. The molecule has 5 heteroatoms. The van der Waals surface area contributed by atoms with E-state index in [4.69, 9.17) is 5.11 Å². The quantitative estimate of drug-likeness (QED) is 0.620. The van der Waals surface area contributed by atoms with Gasteiger partial charge >= 0.3 is 12.0 Å². The lowest BCUT2D eigenvalue weighted by atomic mass is 10.2. The summed E-state index contributed by atoms with van der Waals surface area (Å²) >= 11 is 0. The van der Waals surface area contributed by atoms with Gasteiger partial charge in [0.1, 0.15) is 6.04 Å². The summed E-state index contributed by atoms with van der Waals surface area (Å²) < 4.78 is 0. The van der Waals surface area contributed by atoms with Crippen LogP contribution in [-0.2, 0) is 4.79 Å². The number of rotatable bonds is 4. The number of hydrogen-bond donors (Lipinski definition) is 3. The van der Waals surface area contributed by atoms with E-state index in [1.807, 2.05) is 6.92 Å². The Labute approximate surface area is 82.9 Å². The van der Waals surface area contributed by atoms with Crippen LogP contribution in [0.5, 0.6) is 0 Å². The third-order valence-electron chi connectivity index (χ3n) is 2.41. The van der Waals surface area contributed by atoms with Crippen LogP contribution in [0.3, 0.4) is 0 Å². The number of amides is 2. The Bertz CT molecular complexity index is 238. The fourth-order valence-electron chi connectivity index (χ4n) is 1.22. The molecule has 2 atom stereocenters. The zero-order chi connectivity index (χ0) is 10.7. The molecule has 2 amide bonds. The van der Waals surface area contributed by atoms with Gasteiger partial charge in [0, 0.05) is 6.04 Å². The van der Waals surface area contributed by atoms with Crippen molar-refractivity contribution in [2.75, 3.05) is 0 Å². The van der Waals surface area contributed by atoms with Crippen molar-refractivity contribution in [2.45, 2.75) is 38.8 Å². The summed E-state index contributed by atoms with van der Waals surface area (Å²) in [5.74, 6) is -0.458. The molecule has 14 heavy (non-hydrogen) atoms. The first-order chi connectivity index (χ1) is 6.50. The minimum absolute atomic E-state index is 0.135. The van der Waals surface area contributed by atoms with E-state index in [1.54, 1.807) is 0 Å². The number of urea groups is 1. The summed E-state index contributed by atoms with van der Waals surface area (Å²) in [5, 5.41) is 13.6. The molecule has 0 spiro atoms. The van der Waals surface area contributed by atoms with E-state index in [2.05, 4.69) is 10.6 Å². The van der Waals surface area contributed by atoms with Crippen molar-refractivity contribution < 1.29 is 14.7 Å². The smallest absolute Gasteiger partial charge is 0.325 e. The van der Waals surface area contributed by atoms with Crippen molar-refractivity contribution in [1.29, 1.82) is 0 Å². The minimum Gasteiger partial charge on any atom is -0.480 e. The number of carboxylic acids is 1. The normalized spacial score (nSPS) is 19.6. The Morgan fingerprint density at radius 2 is 1.86 bits per heavy atom. The number of carboxylic acid groups (broad SMARTS) is 1. The minimum atomic E-state index is -1.03. The number of nitrogens with one attached hydrogen (secondary N) is 2. The van der Waals surface area contributed by atoms with Crippen molar-refractivity contribution in [3.8, 4) is 0 Å². The Kier molecular flexibility index (Phi) is 3.33. The third kappa shape index (κ3) is 3.24. The van der Waals surface area contributed by atoms with Gasteiger partial charge < -0.3 is 15.7 Å². The molecule has 1 aliphatic carbocycles. The summed E-state index contributed by atoms with van der Waals surface area (Å²) in [5.41, 5.74) is 0. The number of carbonyl (C=O) groups is 2. The molecule has 80 valence electrons. The maximum atomic E-state index is 11.2. The zero-order valence-electron chi connectivity index (χ0n) is 8.41. The van der Waals surface area contributed by atoms with Crippen LogP contribution >= 0.6 is 0 Å². The van der Waals surface area contributed by atoms with Gasteiger partial charge in [-0.25, -0.2) is 4.79 Å². The van der Waals surface area contributed by atoms with Crippen molar-refractivity contribution in [3.05, 3.63) is 0 Å². The summed E-state index contributed by atoms with van der Waals surface area (Å²) in [4.78, 5) is 21.6. The predicted octanol–water partition coefficient (Wildman–Crippen LogP) is 0.557. The molecule has 1 fully saturated rings. The van der Waals surface area contributed by atoms with E-state index in [9.17, 15) is 9.59 Å². The molecule has 0 radical (unpaired) electrons. The Morgan fingerprint density at radius 1 is 1.29 bits per heavy atom. The monoisotopic (exact) mass is 200 g/mol. The standard InChI is InChI=1S/C9H16N2O3/c1-5(7-3-4-7)10-9(14)11-6(2)8(12)13/h5-7H,3-4H2,1-2H3,(H,12,13)(H2,10,11,14). The van der Waals surface area contributed by atoms with Crippen LogP contribution in [0, 0.1) is 5.92 Å². The molecule has 1 saturated carbocycles. The lowest BCUT2D eigenvalue weighted by molar-refractivity contribution is -0.138. The molecule has 5 nitrogen and oxygen atoms in total. The van der Waals surface area contributed by atoms with Crippen molar-refractivity contribution >= 4 is 12.0 Å². The highest BCUT2D eigenvalue weighted by Gasteiger charge is 2.29. The molecule has 0 aromatic carbocycles. The number of carbonyl (C=O) groups excluding carboxylic acids is 1. The molecule has 0 aromatic heterocycles. The fraction of sp³-hybridized carbons (Fsp3) is 0.778. The van der Waals surface area contributed by atoms with E-state index in [-0.39, 0.29) is 6.04 Å². The first-order valence-corrected chi connectivity index (χ1v) is 4.80. The molecule has 0 heterocycles. The Morgan fingerprint density at radius 3 is 2.29 bits per heavy atom. The van der Waals surface area contributed by atoms with Gasteiger partial charge in [0.2, 0.25) is 0 Å². The second-order valence-corrected chi connectivity index (χ2v) is 3.80. The van der Waals surface area contributed by atoms with Gasteiger partial charge in [-0.3, -0.25) is 4.79 Å². The first-order valence-electron chi connectivity index (χ1n) is 4.80. The first kappa shape index (κ1) is 10.8. The van der Waals surface area contributed by atoms with Crippen LogP contribution in [0.15, 0.2) is 0 Å². The molecule has 3 N–H and O–H groups in total. The molecule has 0 aromatic rings. The van der Waals surface area contributed by atoms with E-state index in [1.165, 1.54) is 6.92 Å². The average molecular weight is 200 g/mol. The number of hydrogen-bond acceptors (Lipinski definition) is 2. The largest absolute Gasteiger partial charge is 0.480 e. The van der Waals surface area contributed by atoms with Gasteiger partial charge in [0.15, 0.2) is 0 Å². The van der Waals surface area contributed by atoms with Gasteiger partial charge in [-0.15, -0.1) is 0 Å². The van der Waals surface area contributed by atoms with Crippen LogP contribution in [0.2, 0.25) is 0 Å². The molecule has 1 rings (SSSR count). The van der Waals surface area contributed by atoms with Crippen LogP contribution in [-0.4, -0.2) is 29.2 Å².